The quantitative estimate of drug-likeness (QED) is 0.458. The summed E-state index contributed by atoms with van der Waals surface area (Å²) < 4.78 is 0. The van der Waals surface area contributed by atoms with E-state index in [4.69, 9.17) is 0 Å². The summed E-state index contributed by atoms with van der Waals surface area (Å²) in [6.45, 7) is 1.57. The summed E-state index contributed by atoms with van der Waals surface area (Å²) in [5, 5.41) is 20.6. The number of aliphatic hydroxyl groups excluding tert-OH is 1. The largest absolute Gasteiger partial charge is 0.477 e. The molecule has 1 amide bonds. The zero-order valence-electron chi connectivity index (χ0n) is 12.4. The van der Waals surface area contributed by atoms with Crippen LogP contribution in [0.25, 0.3) is 0 Å². The smallest absolute Gasteiger partial charge is 0.353 e. The Balaban J connectivity index is 1.69. The van der Waals surface area contributed by atoms with Gasteiger partial charge in [0.1, 0.15) is 5.70 Å². The molecule has 2 aliphatic heterocycles. The van der Waals surface area contributed by atoms with Crippen molar-refractivity contribution in [3.63, 3.8) is 0 Å². The minimum absolute atomic E-state index is 0.0727. The van der Waals surface area contributed by atoms with Crippen LogP contribution >= 0.6 is 23.5 Å². The summed E-state index contributed by atoms with van der Waals surface area (Å²) in [7, 11) is 0. The number of fused-ring (bicyclic) bond motifs is 1. The van der Waals surface area contributed by atoms with Gasteiger partial charge in [-0.3, -0.25) is 4.79 Å². The van der Waals surface area contributed by atoms with E-state index in [0.717, 1.165) is 5.03 Å². The van der Waals surface area contributed by atoms with Crippen LogP contribution in [-0.4, -0.2) is 49.2 Å². The molecule has 1 aromatic heterocycles. The van der Waals surface area contributed by atoms with Crippen molar-refractivity contribution < 1.29 is 19.8 Å². The first-order valence-corrected chi connectivity index (χ1v) is 9.12. The zero-order chi connectivity index (χ0) is 16.6. The highest BCUT2D eigenvalue weighted by Gasteiger charge is 2.56. The van der Waals surface area contributed by atoms with E-state index in [1.807, 2.05) is 18.2 Å². The van der Waals surface area contributed by atoms with Crippen molar-refractivity contribution >= 4 is 35.4 Å². The molecule has 0 aliphatic carbocycles. The first-order chi connectivity index (χ1) is 11.0. The van der Waals surface area contributed by atoms with Crippen LogP contribution in [0.1, 0.15) is 13.3 Å². The molecule has 122 valence electrons. The first-order valence-electron chi connectivity index (χ1n) is 7.15. The number of aromatic nitrogens is 1. The molecule has 2 N–H and O–H groups in total. The number of β-lactam (4-membered cyclic amide) rings is 1. The highest BCUT2D eigenvalue weighted by Crippen LogP contribution is 2.47. The molecule has 0 spiro atoms. The molecular weight excluding hydrogens is 336 g/mol. The topological polar surface area (TPSA) is 90.7 Å². The second-order valence-corrected chi connectivity index (χ2v) is 7.83. The maximum absolute atomic E-state index is 12.1. The molecule has 1 aromatic rings. The third kappa shape index (κ3) is 2.98. The molecule has 6 nitrogen and oxygen atoms in total. The van der Waals surface area contributed by atoms with Crippen LogP contribution in [0.5, 0.6) is 0 Å². The van der Waals surface area contributed by atoms with Crippen molar-refractivity contribution in [2.24, 2.45) is 5.92 Å². The van der Waals surface area contributed by atoms with Gasteiger partial charge in [-0.1, -0.05) is 17.8 Å². The Morgan fingerprint density at radius 2 is 2.26 bits per heavy atom. The molecule has 0 radical (unpaired) electrons. The van der Waals surface area contributed by atoms with E-state index < -0.39 is 18.0 Å². The van der Waals surface area contributed by atoms with Gasteiger partial charge in [0.25, 0.3) is 0 Å². The highest BCUT2D eigenvalue weighted by molar-refractivity contribution is 8.17. The third-order valence-corrected chi connectivity index (χ3v) is 6.16. The van der Waals surface area contributed by atoms with Gasteiger partial charge in [-0.15, -0.1) is 11.8 Å². The number of aliphatic hydroxyl groups is 1. The fourth-order valence-corrected chi connectivity index (χ4v) is 5.16. The Hall–Kier alpha value is -1.51. The first kappa shape index (κ1) is 16.4. The lowest BCUT2D eigenvalue weighted by molar-refractivity contribution is -0.161. The molecule has 0 aromatic carbocycles. The summed E-state index contributed by atoms with van der Waals surface area (Å²) >= 11 is 2.95. The van der Waals surface area contributed by atoms with Gasteiger partial charge in [-0.05, 0) is 19.1 Å². The second kappa shape index (κ2) is 6.54. The fourth-order valence-electron chi connectivity index (χ4n) is 2.95. The summed E-state index contributed by atoms with van der Waals surface area (Å²) in [6.07, 6.45) is 1.45. The van der Waals surface area contributed by atoms with Gasteiger partial charge < -0.3 is 15.1 Å². The zero-order valence-corrected chi connectivity index (χ0v) is 14.0. The Bertz CT molecular complexity index is 663. The van der Waals surface area contributed by atoms with Crippen molar-refractivity contribution in [2.75, 3.05) is 5.08 Å². The van der Waals surface area contributed by atoms with Gasteiger partial charge in [0, 0.05) is 22.6 Å². The van der Waals surface area contributed by atoms with Crippen molar-refractivity contribution in [3.05, 3.63) is 35.0 Å². The predicted molar refractivity (Wildman–Crippen MR) is 87.6 cm³/mol. The van der Waals surface area contributed by atoms with Gasteiger partial charge >= 0.3 is 5.97 Å². The predicted octanol–water partition coefficient (Wildman–Crippen LogP) is 1.77. The molecule has 3 rings (SSSR count). The van der Waals surface area contributed by atoms with Crippen LogP contribution in [0.2, 0.25) is 0 Å². The van der Waals surface area contributed by atoms with Crippen LogP contribution in [0.4, 0.5) is 0 Å². The molecule has 3 atom stereocenters. The number of aliphatic carboxylic acids is 1. The van der Waals surface area contributed by atoms with E-state index >= 15 is 0 Å². The standard InChI is InChI=1S/C15H16N2O4S2/c1-8(18)12-9-6-10(13(15(20)21)17(9)14(12)19)22-7-23-11-4-2-3-5-16-11/h2-5,8-9,12,18H,6-7H2,1H3,(H,20,21)/t8-,9-,12-/m1/s1. The van der Waals surface area contributed by atoms with Crippen molar-refractivity contribution in [3.8, 4) is 0 Å². The monoisotopic (exact) mass is 352 g/mol. The number of pyridine rings is 1. The normalized spacial score (nSPS) is 24.4. The van der Waals surface area contributed by atoms with E-state index in [0.29, 0.717) is 16.4 Å². The number of thioether (sulfide) groups is 2. The molecule has 3 heterocycles. The molecule has 1 saturated heterocycles. The molecule has 23 heavy (non-hydrogen) atoms. The van der Waals surface area contributed by atoms with E-state index in [1.165, 1.54) is 28.4 Å². The number of rotatable bonds is 6. The Morgan fingerprint density at radius 3 is 2.87 bits per heavy atom. The number of carboxylic acids is 1. The summed E-state index contributed by atoms with van der Waals surface area (Å²) in [5.74, 6) is -1.88. The van der Waals surface area contributed by atoms with Gasteiger partial charge in [-0.2, -0.15) is 0 Å². The Labute approximate surface area is 142 Å². The van der Waals surface area contributed by atoms with Crippen molar-refractivity contribution in [2.45, 2.75) is 30.5 Å². The molecule has 8 heteroatoms. The maximum atomic E-state index is 12.1. The second-order valence-electron chi connectivity index (χ2n) is 5.40. The lowest BCUT2D eigenvalue weighted by Gasteiger charge is -2.44. The average molecular weight is 352 g/mol. The summed E-state index contributed by atoms with van der Waals surface area (Å²) in [5.41, 5.74) is 0.0727. The number of amides is 1. The minimum Gasteiger partial charge on any atom is -0.477 e. The molecule has 0 bridgehead atoms. The van der Waals surface area contributed by atoms with Crippen molar-refractivity contribution in [1.29, 1.82) is 0 Å². The lowest BCUT2D eigenvalue weighted by atomic mass is 9.83. The van der Waals surface area contributed by atoms with Gasteiger partial charge in [0.15, 0.2) is 0 Å². The number of carbonyl (C=O) groups excluding carboxylic acids is 1. The van der Waals surface area contributed by atoms with Crippen LogP contribution in [0.15, 0.2) is 40.0 Å². The van der Waals surface area contributed by atoms with E-state index in [2.05, 4.69) is 4.98 Å². The molecule has 1 fully saturated rings. The van der Waals surface area contributed by atoms with Crippen LogP contribution in [-0.2, 0) is 9.59 Å². The van der Waals surface area contributed by atoms with Gasteiger partial charge in [0.2, 0.25) is 5.91 Å². The number of hydrogen-bond acceptors (Lipinski definition) is 6. The van der Waals surface area contributed by atoms with Gasteiger partial charge in [-0.25, -0.2) is 9.78 Å². The van der Waals surface area contributed by atoms with E-state index in [1.54, 1.807) is 13.1 Å². The molecular formula is C15H16N2O4S2. The lowest BCUT2D eigenvalue weighted by Crippen LogP contribution is -2.61. The van der Waals surface area contributed by atoms with Crippen LogP contribution < -0.4 is 0 Å². The number of hydrogen-bond donors (Lipinski definition) is 2. The van der Waals surface area contributed by atoms with E-state index in [-0.39, 0.29) is 17.6 Å². The van der Waals surface area contributed by atoms with Gasteiger partial charge in [0.05, 0.1) is 23.1 Å². The number of carbonyl (C=O) groups is 2. The highest BCUT2D eigenvalue weighted by atomic mass is 32.2. The molecule has 2 aliphatic rings. The van der Waals surface area contributed by atoms with Crippen molar-refractivity contribution in [1.82, 2.24) is 9.88 Å². The van der Waals surface area contributed by atoms with Crippen LogP contribution in [0.3, 0.4) is 0 Å². The van der Waals surface area contributed by atoms with E-state index in [9.17, 15) is 19.8 Å². The number of nitrogens with zero attached hydrogens (tertiary/aromatic N) is 2. The maximum Gasteiger partial charge on any atom is 0.353 e. The molecule has 0 unspecified atom stereocenters. The Morgan fingerprint density at radius 1 is 1.48 bits per heavy atom. The summed E-state index contributed by atoms with van der Waals surface area (Å²) in [6, 6.07) is 5.41. The fraction of sp³-hybridized carbons (Fsp3) is 0.400. The average Bonchev–Trinajstić information content (AvgIpc) is 2.82. The number of carboxylic acid groups (broad SMARTS) is 1. The van der Waals surface area contributed by atoms with Crippen LogP contribution in [0, 0.1) is 5.92 Å². The minimum atomic E-state index is -1.09. The summed E-state index contributed by atoms with van der Waals surface area (Å²) in [4.78, 5) is 29.8. The third-order valence-electron chi connectivity index (χ3n) is 3.97. The Kier molecular flexibility index (Phi) is 4.65. The molecule has 0 saturated carbocycles. The SMILES string of the molecule is C[C@@H](O)[C@H]1C(=O)N2C(C(=O)O)=C(SCSc3ccccn3)C[C@H]12.